The number of amides is 1. The molecule has 4 nitrogen and oxygen atoms in total. The first-order valence-corrected chi connectivity index (χ1v) is 7.68. The van der Waals surface area contributed by atoms with Crippen LogP contribution in [0.2, 0.25) is 0 Å². The van der Waals surface area contributed by atoms with Crippen LogP contribution in [0.25, 0.3) is 0 Å². The normalized spacial score (nSPS) is 10.2. The Morgan fingerprint density at radius 2 is 1.75 bits per heavy atom. The van der Waals surface area contributed by atoms with Crippen molar-refractivity contribution in [2.24, 2.45) is 0 Å². The van der Waals surface area contributed by atoms with E-state index >= 15 is 0 Å². The van der Waals surface area contributed by atoms with Crippen LogP contribution in [0.3, 0.4) is 0 Å². The molecule has 0 spiro atoms. The van der Waals surface area contributed by atoms with Gasteiger partial charge in [0.15, 0.2) is 0 Å². The predicted octanol–water partition coefficient (Wildman–Crippen LogP) is 4.74. The van der Waals surface area contributed by atoms with E-state index in [2.05, 4.69) is 10.3 Å². The molecule has 0 fully saturated rings. The van der Waals surface area contributed by atoms with Crippen molar-refractivity contribution in [1.29, 1.82) is 0 Å². The third kappa shape index (κ3) is 3.98. The number of aromatic nitrogens is 1. The van der Waals surface area contributed by atoms with Crippen molar-refractivity contribution < 1.29 is 9.53 Å². The van der Waals surface area contributed by atoms with Gasteiger partial charge >= 0.3 is 0 Å². The molecule has 0 atom stereocenters. The Labute approximate surface area is 141 Å². The van der Waals surface area contributed by atoms with Crippen LogP contribution in [-0.2, 0) is 0 Å². The van der Waals surface area contributed by atoms with Crippen LogP contribution in [0.4, 0.5) is 5.69 Å². The third-order valence-electron chi connectivity index (χ3n) is 3.46. The first kappa shape index (κ1) is 15.7. The van der Waals surface area contributed by atoms with Gasteiger partial charge in [-0.25, -0.2) is 0 Å². The van der Waals surface area contributed by atoms with Crippen LogP contribution < -0.4 is 10.1 Å². The van der Waals surface area contributed by atoms with Gasteiger partial charge in [-0.05, 0) is 49.7 Å². The number of aryl methyl sites for hydroxylation is 2. The number of pyridine rings is 1. The molecule has 1 N–H and O–H groups in total. The van der Waals surface area contributed by atoms with Crippen LogP contribution in [0.5, 0.6) is 11.5 Å². The maximum Gasteiger partial charge on any atom is 0.255 e. The van der Waals surface area contributed by atoms with Gasteiger partial charge in [-0.3, -0.25) is 9.78 Å². The second kappa shape index (κ2) is 6.96. The van der Waals surface area contributed by atoms with Crippen molar-refractivity contribution in [3.05, 3.63) is 83.7 Å². The van der Waals surface area contributed by atoms with Crippen molar-refractivity contribution in [3.63, 3.8) is 0 Å². The van der Waals surface area contributed by atoms with Gasteiger partial charge in [0.25, 0.3) is 5.91 Å². The van der Waals surface area contributed by atoms with Gasteiger partial charge in [0.2, 0.25) is 0 Å². The summed E-state index contributed by atoms with van der Waals surface area (Å²) in [6, 6.07) is 16.7. The van der Waals surface area contributed by atoms with Gasteiger partial charge < -0.3 is 10.1 Å². The molecular weight excluding hydrogens is 300 g/mol. The van der Waals surface area contributed by atoms with E-state index < -0.39 is 0 Å². The lowest BCUT2D eigenvalue weighted by Crippen LogP contribution is -2.11. The molecule has 0 unspecified atom stereocenters. The summed E-state index contributed by atoms with van der Waals surface area (Å²) in [7, 11) is 0. The smallest absolute Gasteiger partial charge is 0.255 e. The quantitative estimate of drug-likeness (QED) is 0.755. The number of anilines is 1. The lowest BCUT2D eigenvalue weighted by Gasteiger charge is -2.09. The van der Waals surface area contributed by atoms with Crippen molar-refractivity contribution in [3.8, 4) is 11.5 Å². The molecule has 0 aliphatic heterocycles. The maximum absolute atomic E-state index is 12.3. The number of nitrogens with zero attached hydrogens (tertiary/aromatic N) is 1. The number of carbonyl (C=O) groups is 1. The third-order valence-corrected chi connectivity index (χ3v) is 3.46. The molecule has 24 heavy (non-hydrogen) atoms. The highest BCUT2D eigenvalue weighted by atomic mass is 16.5. The molecule has 2 aromatic carbocycles. The van der Waals surface area contributed by atoms with Gasteiger partial charge in [-0.1, -0.05) is 23.8 Å². The minimum Gasteiger partial charge on any atom is -0.456 e. The van der Waals surface area contributed by atoms with Crippen LogP contribution in [0, 0.1) is 13.8 Å². The van der Waals surface area contributed by atoms with E-state index in [4.69, 9.17) is 4.74 Å². The van der Waals surface area contributed by atoms with Crippen molar-refractivity contribution in [2.75, 3.05) is 5.32 Å². The fourth-order valence-corrected chi connectivity index (χ4v) is 2.35. The highest BCUT2D eigenvalue weighted by Crippen LogP contribution is 2.24. The van der Waals surface area contributed by atoms with Gasteiger partial charge in [-0.15, -0.1) is 0 Å². The first-order chi connectivity index (χ1) is 11.6. The zero-order valence-corrected chi connectivity index (χ0v) is 13.6. The number of ether oxygens (including phenoxy) is 1. The van der Waals surface area contributed by atoms with Crippen molar-refractivity contribution >= 4 is 11.6 Å². The Hall–Kier alpha value is -3.14. The number of carbonyl (C=O) groups excluding carboxylic acids is 1. The second-order valence-electron chi connectivity index (χ2n) is 5.65. The highest BCUT2D eigenvalue weighted by molar-refractivity contribution is 6.04. The molecule has 1 amide bonds. The Balaban J connectivity index is 1.74. The SMILES string of the molecule is Cc1cncc(Oc2cccc(NC(=O)c3cccc(C)c3)c2)c1. The fourth-order valence-electron chi connectivity index (χ4n) is 2.35. The number of rotatable bonds is 4. The van der Waals surface area contributed by atoms with Crippen molar-refractivity contribution in [2.45, 2.75) is 13.8 Å². The molecule has 0 saturated carbocycles. The van der Waals surface area contributed by atoms with E-state index in [-0.39, 0.29) is 5.91 Å². The summed E-state index contributed by atoms with van der Waals surface area (Å²) in [6.07, 6.45) is 3.43. The summed E-state index contributed by atoms with van der Waals surface area (Å²) in [6.45, 7) is 3.92. The van der Waals surface area contributed by atoms with Gasteiger partial charge in [-0.2, -0.15) is 0 Å². The van der Waals surface area contributed by atoms with Crippen LogP contribution in [0.1, 0.15) is 21.5 Å². The van der Waals surface area contributed by atoms with E-state index in [9.17, 15) is 4.79 Å². The monoisotopic (exact) mass is 318 g/mol. The molecular formula is C20H18N2O2. The zero-order valence-electron chi connectivity index (χ0n) is 13.6. The molecule has 1 heterocycles. The molecule has 0 radical (unpaired) electrons. The summed E-state index contributed by atoms with van der Waals surface area (Å²) >= 11 is 0. The van der Waals surface area contributed by atoms with E-state index in [0.29, 0.717) is 22.7 Å². The van der Waals surface area contributed by atoms with Gasteiger partial charge in [0.1, 0.15) is 11.5 Å². The average molecular weight is 318 g/mol. The zero-order chi connectivity index (χ0) is 16.9. The summed E-state index contributed by atoms with van der Waals surface area (Å²) in [5.41, 5.74) is 3.38. The molecule has 3 rings (SSSR count). The standard InChI is InChI=1S/C20H18N2O2/c1-14-5-3-6-16(9-14)20(23)22-17-7-4-8-18(11-17)24-19-10-15(2)12-21-13-19/h3-13H,1-2H3,(H,22,23). The lowest BCUT2D eigenvalue weighted by atomic mass is 10.1. The second-order valence-corrected chi connectivity index (χ2v) is 5.65. The van der Waals surface area contributed by atoms with Crippen LogP contribution in [-0.4, -0.2) is 10.9 Å². The predicted molar refractivity (Wildman–Crippen MR) is 94.6 cm³/mol. The molecule has 0 aliphatic rings. The van der Waals surface area contributed by atoms with E-state index in [1.165, 1.54) is 0 Å². The minimum absolute atomic E-state index is 0.145. The Morgan fingerprint density at radius 1 is 0.917 bits per heavy atom. The Kier molecular flexibility index (Phi) is 4.57. The number of hydrogen-bond donors (Lipinski definition) is 1. The maximum atomic E-state index is 12.3. The minimum atomic E-state index is -0.145. The molecule has 120 valence electrons. The topological polar surface area (TPSA) is 51.2 Å². The van der Waals surface area contributed by atoms with Gasteiger partial charge in [0.05, 0.1) is 6.20 Å². The van der Waals surface area contributed by atoms with E-state index in [1.807, 2.05) is 56.3 Å². The molecule has 0 bridgehead atoms. The number of hydrogen-bond acceptors (Lipinski definition) is 3. The molecule has 0 saturated heterocycles. The van der Waals surface area contributed by atoms with E-state index in [1.54, 1.807) is 24.5 Å². The molecule has 4 heteroatoms. The summed E-state index contributed by atoms with van der Waals surface area (Å²) in [5.74, 6) is 1.16. The largest absolute Gasteiger partial charge is 0.456 e. The summed E-state index contributed by atoms with van der Waals surface area (Å²) < 4.78 is 5.79. The first-order valence-electron chi connectivity index (χ1n) is 7.68. The Morgan fingerprint density at radius 3 is 2.54 bits per heavy atom. The van der Waals surface area contributed by atoms with E-state index in [0.717, 1.165) is 11.1 Å². The molecule has 0 aliphatic carbocycles. The Bertz CT molecular complexity index is 875. The average Bonchev–Trinajstić information content (AvgIpc) is 2.55. The fraction of sp³-hybridized carbons (Fsp3) is 0.100. The number of nitrogens with one attached hydrogen (secondary N) is 1. The summed E-state index contributed by atoms with van der Waals surface area (Å²) in [5, 5.41) is 2.89. The lowest BCUT2D eigenvalue weighted by molar-refractivity contribution is 0.102. The van der Waals surface area contributed by atoms with Crippen molar-refractivity contribution in [1.82, 2.24) is 4.98 Å². The molecule has 3 aromatic rings. The van der Waals surface area contributed by atoms with Crippen LogP contribution in [0.15, 0.2) is 67.0 Å². The number of benzene rings is 2. The highest BCUT2D eigenvalue weighted by Gasteiger charge is 2.07. The van der Waals surface area contributed by atoms with Crippen LogP contribution >= 0.6 is 0 Å². The van der Waals surface area contributed by atoms with Gasteiger partial charge in [0, 0.05) is 23.5 Å². The summed E-state index contributed by atoms with van der Waals surface area (Å²) in [4.78, 5) is 16.4. The molecule has 1 aromatic heterocycles.